The largest absolute Gasteiger partial charge is 0.379 e. The number of halogens is 1. The van der Waals surface area contributed by atoms with Crippen LogP contribution in [0.15, 0.2) is 9.59 Å². The van der Waals surface area contributed by atoms with Gasteiger partial charge in [0, 0.05) is 6.61 Å². The molecular formula is C13H21ClN2O3. The lowest BCUT2D eigenvalue weighted by Gasteiger charge is -2.10. The highest BCUT2D eigenvalue weighted by molar-refractivity contribution is 6.30. The molecule has 1 aromatic heterocycles. The summed E-state index contributed by atoms with van der Waals surface area (Å²) in [5.74, 6) is 0.427. The van der Waals surface area contributed by atoms with E-state index in [1.54, 1.807) is 0 Å². The SMILES string of the molecule is CCCc1c(Cl)[nH]c(=O)n(CCOCC(C)C)c1=O. The second-order valence-corrected chi connectivity index (χ2v) is 5.28. The predicted octanol–water partition coefficient (Wildman–Crippen LogP) is 1.82. The number of aromatic amines is 1. The number of nitrogens with one attached hydrogen (secondary N) is 1. The Bertz CT molecular complexity index is 520. The Kier molecular flexibility index (Phi) is 6.31. The topological polar surface area (TPSA) is 64.1 Å². The summed E-state index contributed by atoms with van der Waals surface area (Å²) in [6.07, 6.45) is 1.35. The van der Waals surface area contributed by atoms with Gasteiger partial charge in [-0.2, -0.15) is 0 Å². The fourth-order valence-corrected chi connectivity index (χ4v) is 1.99. The van der Waals surface area contributed by atoms with E-state index < -0.39 is 5.69 Å². The lowest BCUT2D eigenvalue weighted by molar-refractivity contribution is 0.102. The Labute approximate surface area is 117 Å². The first kappa shape index (κ1) is 16.0. The Morgan fingerprint density at radius 2 is 2.05 bits per heavy atom. The van der Waals surface area contributed by atoms with Crippen molar-refractivity contribution < 1.29 is 4.74 Å². The molecule has 0 saturated carbocycles. The van der Waals surface area contributed by atoms with Crippen LogP contribution < -0.4 is 11.2 Å². The van der Waals surface area contributed by atoms with E-state index in [0.29, 0.717) is 31.1 Å². The van der Waals surface area contributed by atoms with Gasteiger partial charge in [0.05, 0.1) is 18.7 Å². The van der Waals surface area contributed by atoms with Gasteiger partial charge in [0.25, 0.3) is 5.56 Å². The maximum Gasteiger partial charge on any atom is 0.329 e. The third-order valence-electron chi connectivity index (χ3n) is 2.64. The van der Waals surface area contributed by atoms with Crippen molar-refractivity contribution in [2.45, 2.75) is 40.2 Å². The summed E-state index contributed by atoms with van der Waals surface area (Å²) in [7, 11) is 0. The smallest absolute Gasteiger partial charge is 0.329 e. The molecule has 0 bridgehead atoms. The summed E-state index contributed by atoms with van der Waals surface area (Å²) in [4.78, 5) is 26.3. The van der Waals surface area contributed by atoms with Gasteiger partial charge >= 0.3 is 5.69 Å². The van der Waals surface area contributed by atoms with Gasteiger partial charge in [-0.15, -0.1) is 0 Å². The molecule has 1 heterocycles. The summed E-state index contributed by atoms with van der Waals surface area (Å²) in [6.45, 7) is 7.24. The molecule has 0 aliphatic rings. The highest BCUT2D eigenvalue weighted by atomic mass is 35.5. The van der Waals surface area contributed by atoms with Gasteiger partial charge in [-0.3, -0.25) is 14.3 Å². The number of hydrogen-bond acceptors (Lipinski definition) is 3. The summed E-state index contributed by atoms with van der Waals surface area (Å²) < 4.78 is 6.54. The quantitative estimate of drug-likeness (QED) is 0.615. The van der Waals surface area contributed by atoms with Crippen LogP contribution in [0.25, 0.3) is 0 Å². The molecular weight excluding hydrogens is 268 g/mol. The summed E-state index contributed by atoms with van der Waals surface area (Å²) in [6, 6.07) is 0. The minimum Gasteiger partial charge on any atom is -0.379 e. The fourth-order valence-electron chi connectivity index (χ4n) is 1.73. The number of H-pyrrole nitrogens is 1. The molecule has 0 amide bonds. The van der Waals surface area contributed by atoms with Gasteiger partial charge in [0.15, 0.2) is 0 Å². The van der Waals surface area contributed by atoms with Crippen LogP contribution in [0.1, 0.15) is 32.8 Å². The molecule has 5 nitrogen and oxygen atoms in total. The van der Waals surface area contributed by atoms with Crippen molar-refractivity contribution in [1.82, 2.24) is 9.55 Å². The van der Waals surface area contributed by atoms with Crippen LogP contribution >= 0.6 is 11.6 Å². The van der Waals surface area contributed by atoms with Crippen LogP contribution in [0.4, 0.5) is 0 Å². The van der Waals surface area contributed by atoms with Crippen molar-refractivity contribution in [3.05, 3.63) is 31.6 Å². The van der Waals surface area contributed by atoms with Crippen LogP contribution in [-0.2, 0) is 17.7 Å². The molecule has 6 heteroatoms. The van der Waals surface area contributed by atoms with Crippen LogP contribution in [0.5, 0.6) is 0 Å². The third-order valence-corrected chi connectivity index (χ3v) is 2.96. The predicted molar refractivity (Wildman–Crippen MR) is 76.0 cm³/mol. The summed E-state index contributed by atoms with van der Waals surface area (Å²) in [5, 5.41) is 0.149. The van der Waals surface area contributed by atoms with E-state index in [1.807, 2.05) is 20.8 Å². The van der Waals surface area contributed by atoms with Crippen LogP contribution in [0.3, 0.4) is 0 Å². The van der Waals surface area contributed by atoms with Gasteiger partial charge in [-0.05, 0) is 12.3 Å². The fraction of sp³-hybridized carbons (Fsp3) is 0.692. The Hall–Kier alpha value is -1.07. The van der Waals surface area contributed by atoms with E-state index >= 15 is 0 Å². The molecule has 1 aromatic rings. The first-order valence-corrected chi connectivity index (χ1v) is 6.94. The number of hydrogen-bond donors (Lipinski definition) is 1. The van der Waals surface area contributed by atoms with Crippen molar-refractivity contribution >= 4 is 11.6 Å². The van der Waals surface area contributed by atoms with Crippen molar-refractivity contribution in [1.29, 1.82) is 0 Å². The molecule has 0 spiro atoms. The van der Waals surface area contributed by atoms with E-state index in [-0.39, 0.29) is 17.3 Å². The highest BCUT2D eigenvalue weighted by Crippen LogP contribution is 2.07. The molecule has 0 aliphatic carbocycles. The summed E-state index contributed by atoms with van der Waals surface area (Å²) in [5.41, 5.74) is -0.334. The standard InChI is InChI=1S/C13H21ClN2O3/c1-4-5-10-11(14)15-13(18)16(12(10)17)6-7-19-8-9(2)3/h9H,4-8H2,1-3H3,(H,15,18). The Morgan fingerprint density at radius 1 is 1.37 bits per heavy atom. The minimum atomic E-state index is -0.483. The molecule has 19 heavy (non-hydrogen) atoms. The van der Waals surface area contributed by atoms with Crippen LogP contribution in [0, 0.1) is 5.92 Å². The third kappa shape index (κ3) is 4.51. The number of aromatic nitrogens is 2. The number of ether oxygens (including phenoxy) is 1. The van der Waals surface area contributed by atoms with Gasteiger partial charge in [-0.1, -0.05) is 38.8 Å². The van der Waals surface area contributed by atoms with E-state index in [9.17, 15) is 9.59 Å². The first-order chi connectivity index (χ1) is 8.97. The first-order valence-electron chi connectivity index (χ1n) is 6.56. The van der Waals surface area contributed by atoms with Crippen LogP contribution in [0.2, 0.25) is 5.15 Å². The zero-order valence-corrected chi connectivity index (χ0v) is 12.4. The molecule has 0 aliphatic heterocycles. The molecule has 108 valence electrons. The average Bonchev–Trinajstić information content (AvgIpc) is 2.33. The molecule has 1 rings (SSSR count). The molecule has 0 saturated heterocycles. The summed E-state index contributed by atoms with van der Waals surface area (Å²) >= 11 is 5.89. The van der Waals surface area contributed by atoms with E-state index in [1.165, 1.54) is 0 Å². The molecule has 1 N–H and O–H groups in total. The minimum absolute atomic E-state index is 0.149. The van der Waals surface area contributed by atoms with Crippen molar-refractivity contribution in [3.8, 4) is 0 Å². The van der Waals surface area contributed by atoms with Gasteiger partial charge in [0.2, 0.25) is 0 Å². The van der Waals surface area contributed by atoms with E-state index in [4.69, 9.17) is 16.3 Å². The monoisotopic (exact) mass is 288 g/mol. The van der Waals surface area contributed by atoms with E-state index in [0.717, 1.165) is 11.0 Å². The van der Waals surface area contributed by atoms with Gasteiger partial charge in [0.1, 0.15) is 5.15 Å². The van der Waals surface area contributed by atoms with E-state index in [2.05, 4.69) is 4.98 Å². The molecule has 0 fully saturated rings. The van der Waals surface area contributed by atoms with Crippen molar-refractivity contribution in [2.24, 2.45) is 5.92 Å². The second-order valence-electron chi connectivity index (χ2n) is 4.90. The zero-order chi connectivity index (χ0) is 14.4. The highest BCUT2D eigenvalue weighted by Gasteiger charge is 2.11. The zero-order valence-electron chi connectivity index (χ0n) is 11.7. The van der Waals surface area contributed by atoms with Crippen molar-refractivity contribution in [3.63, 3.8) is 0 Å². The molecule has 0 aromatic carbocycles. The van der Waals surface area contributed by atoms with Gasteiger partial charge < -0.3 is 4.74 Å². The maximum absolute atomic E-state index is 12.1. The molecule has 0 radical (unpaired) electrons. The second kappa shape index (κ2) is 7.50. The number of rotatable bonds is 7. The average molecular weight is 289 g/mol. The Balaban J connectivity index is 2.86. The molecule has 0 atom stereocenters. The van der Waals surface area contributed by atoms with Gasteiger partial charge in [-0.25, -0.2) is 4.79 Å². The normalized spacial score (nSPS) is 11.2. The Morgan fingerprint density at radius 3 is 2.63 bits per heavy atom. The lowest BCUT2D eigenvalue weighted by atomic mass is 10.2. The lowest BCUT2D eigenvalue weighted by Crippen LogP contribution is -2.38. The molecule has 0 unspecified atom stereocenters. The van der Waals surface area contributed by atoms with Crippen LogP contribution in [-0.4, -0.2) is 22.8 Å². The van der Waals surface area contributed by atoms with Crippen molar-refractivity contribution in [2.75, 3.05) is 13.2 Å². The maximum atomic E-state index is 12.1. The number of nitrogens with zero attached hydrogens (tertiary/aromatic N) is 1.